The SMILES string of the molecule is CC(C)(C)n1c2ccccc2c2cc3c(cc21)c1ccccc1n3-c1ccccc1.CC(C)(C)n1c2ccccc2c2cc3oc4ccccc4c3cc21.CC(C)(C)n1c2ccccc2c2cc3sc4ccccc4c3cc21.CC(C)(C)n1c2ccccc2c2ccc3c4ccccc4n(-c4ccccc4)c3c21.CC(C)(C)n1c2ccccc2c2ccc3c4ccccc4sc3c21. The Morgan fingerprint density at radius 3 is 0.962 bits per heavy atom. The summed E-state index contributed by atoms with van der Waals surface area (Å²) < 4.78 is 28.9. The summed E-state index contributed by atoms with van der Waals surface area (Å²) in [4.78, 5) is 0. The monoisotopic (exact) mass is 1750 g/mol. The van der Waals surface area contributed by atoms with E-state index < -0.39 is 0 Å². The second-order valence-corrected chi connectivity index (χ2v) is 42.7. The molecule has 0 radical (unpaired) electrons. The summed E-state index contributed by atoms with van der Waals surface area (Å²) in [5.74, 6) is 0. The van der Waals surface area contributed by atoms with Crippen molar-refractivity contribution < 1.29 is 4.42 Å². The Morgan fingerprint density at radius 1 is 0.174 bits per heavy atom. The fourth-order valence-corrected chi connectivity index (χ4v) is 24.2. The Kier molecular flexibility index (Phi) is 19.0. The first-order valence-electron chi connectivity index (χ1n) is 46.3. The largest absolute Gasteiger partial charge is 0.456 e. The van der Waals surface area contributed by atoms with E-state index in [1.807, 2.05) is 34.8 Å². The van der Waals surface area contributed by atoms with Crippen LogP contribution in [0.4, 0.5) is 0 Å². The maximum atomic E-state index is 6.10. The molecule has 0 saturated carbocycles. The number of rotatable bonds is 2. The highest BCUT2D eigenvalue weighted by atomic mass is 32.1. The Labute approximate surface area is 775 Å². The van der Waals surface area contributed by atoms with Crippen LogP contribution >= 0.6 is 22.7 Å². The van der Waals surface area contributed by atoms with Crippen LogP contribution in [0.15, 0.2) is 368 Å². The molecule has 0 unspecified atom stereocenters. The third-order valence-electron chi connectivity index (χ3n) is 26.8. The topological polar surface area (TPSA) is 47.6 Å². The van der Waals surface area contributed by atoms with Crippen LogP contribution in [0.3, 0.4) is 0 Å². The highest BCUT2D eigenvalue weighted by molar-refractivity contribution is 7.27. The van der Waals surface area contributed by atoms with Crippen molar-refractivity contribution in [3.05, 3.63) is 364 Å². The van der Waals surface area contributed by atoms with Crippen LogP contribution < -0.4 is 0 Å². The molecule has 0 aliphatic heterocycles. The minimum atomic E-state index is -0.0480. The number of hydrogen-bond donors (Lipinski definition) is 0. The lowest BCUT2D eigenvalue weighted by molar-refractivity contribution is 0.423. The number of aromatic nitrogens is 7. The molecule has 0 aliphatic carbocycles. The third kappa shape index (κ3) is 13.2. The van der Waals surface area contributed by atoms with Gasteiger partial charge in [0.15, 0.2) is 0 Å². The predicted octanol–water partition coefficient (Wildman–Crippen LogP) is 35.6. The zero-order valence-electron chi connectivity index (χ0n) is 77.5. The average Bonchev–Trinajstić information content (AvgIpc) is 1.54. The maximum absolute atomic E-state index is 6.10. The van der Waals surface area contributed by atoms with Crippen molar-refractivity contribution in [2.24, 2.45) is 0 Å². The van der Waals surface area contributed by atoms with Gasteiger partial charge in [-0.25, -0.2) is 0 Å². The van der Waals surface area contributed by atoms with E-state index in [-0.39, 0.29) is 27.7 Å². The average molecular weight is 1750 g/mol. The normalized spacial score (nSPS) is 12.7. The van der Waals surface area contributed by atoms with Gasteiger partial charge < -0.3 is 36.4 Å². The van der Waals surface area contributed by atoms with Crippen molar-refractivity contribution in [3.8, 4) is 11.4 Å². The van der Waals surface area contributed by atoms with Gasteiger partial charge in [0.05, 0.1) is 54.4 Å². The third-order valence-corrected chi connectivity index (χ3v) is 29.2. The molecule has 0 bridgehead atoms. The van der Waals surface area contributed by atoms with Crippen LogP contribution in [0.1, 0.15) is 104 Å². The van der Waals surface area contributed by atoms with Crippen molar-refractivity contribution in [1.29, 1.82) is 0 Å². The molecule has 0 atom stereocenters. The molecule has 0 spiro atoms. The molecule has 17 aromatic carbocycles. The van der Waals surface area contributed by atoms with Crippen molar-refractivity contribution >= 4 is 238 Å². The van der Waals surface area contributed by atoms with E-state index in [1.165, 1.54) is 215 Å². The van der Waals surface area contributed by atoms with Crippen LogP contribution in [-0.4, -0.2) is 32.0 Å². The Bertz CT molecular complexity index is 9060. The Balaban J connectivity index is 0.0000000939. The summed E-state index contributed by atoms with van der Waals surface area (Å²) in [6, 6.07) is 132. The number of para-hydroxylation sites is 10. The van der Waals surface area contributed by atoms with Gasteiger partial charge in [0.25, 0.3) is 0 Å². The lowest BCUT2D eigenvalue weighted by Crippen LogP contribution is -2.21. The molecule has 10 aromatic heterocycles. The van der Waals surface area contributed by atoms with Crippen molar-refractivity contribution in [1.82, 2.24) is 32.0 Å². The highest BCUT2D eigenvalue weighted by Gasteiger charge is 2.30. The van der Waals surface area contributed by atoms with Gasteiger partial charge in [-0.15, -0.1) is 22.7 Å². The van der Waals surface area contributed by atoms with E-state index in [0.29, 0.717) is 0 Å². The molecule has 10 heterocycles. The van der Waals surface area contributed by atoms with Crippen LogP contribution in [0.25, 0.3) is 226 Å². The molecule has 0 aliphatic rings. The summed E-state index contributed by atoms with van der Waals surface area (Å²) in [6.07, 6.45) is 0. The summed E-state index contributed by atoms with van der Waals surface area (Å²) in [5, 5.41) is 26.2. The molecule has 27 rings (SSSR count). The van der Waals surface area contributed by atoms with E-state index >= 15 is 0 Å². The minimum Gasteiger partial charge on any atom is -0.456 e. The molecule has 0 fully saturated rings. The van der Waals surface area contributed by atoms with Crippen LogP contribution in [0.5, 0.6) is 0 Å². The molecule has 8 nitrogen and oxygen atoms in total. The van der Waals surface area contributed by atoms with E-state index in [2.05, 4.69) is 488 Å². The van der Waals surface area contributed by atoms with E-state index in [0.717, 1.165) is 11.2 Å². The van der Waals surface area contributed by atoms with Crippen molar-refractivity contribution in [3.63, 3.8) is 0 Å². The van der Waals surface area contributed by atoms with E-state index in [1.54, 1.807) is 0 Å². The predicted molar refractivity (Wildman–Crippen MR) is 574 cm³/mol. The van der Waals surface area contributed by atoms with Gasteiger partial charge in [-0.05, 0) is 225 Å². The van der Waals surface area contributed by atoms with Gasteiger partial charge in [0.1, 0.15) is 11.2 Å². The molecule has 27 aromatic rings. The first-order chi connectivity index (χ1) is 63.7. The fourth-order valence-electron chi connectivity index (χ4n) is 21.8. The maximum Gasteiger partial charge on any atom is 0.136 e. The lowest BCUT2D eigenvalue weighted by atomic mass is 10.1. The molecule has 646 valence electrons. The van der Waals surface area contributed by atoms with Gasteiger partial charge in [-0.1, -0.05) is 243 Å². The van der Waals surface area contributed by atoms with Crippen molar-refractivity contribution in [2.45, 2.75) is 132 Å². The summed E-state index contributed by atoms with van der Waals surface area (Å²) in [5.41, 5.74) is 22.5. The van der Waals surface area contributed by atoms with Crippen LogP contribution in [-0.2, 0) is 27.7 Å². The summed E-state index contributed by atoms with van der Waals surface area (Å²) >= 11 is 3.81. The molecule has 10 heteroatoms. The highest BCUT2D eigenvalue weighted by Crippen LogP contribution is 2.49. The first-order valence-corrected chi connectivity index (χ1v) is 47.9. The second kappa shape index (κ2) is 30.6. The quantitative estimate of drug-likeness (QED) is 0.170. The van der Waals surface area contributed by atoms with Gasteiger partial charge in [0, 0.05) is 188 Å². The van der Waals surface area contributed by atoms with Crippen LogP contribution in [0, 0.1) is 0 Å². The molecule has 0 N–H and O–H groups in total. The van der Waals surface area contributed by atoms with E-state index in [9.17, 15) is 0 Å². The Morgan fingerprint density at radius 2 is 0.477 bits per heavy atom. The number of benzene rings is 17. The summed E-state index contributed by atoms with van der Waals surface area (Å²) in [6.45, 7) is 34.3. The summed E-state index contributed by atoms with van der Waals surface area (Å²) in [7, 11) is 0. The molecule has 0 saturated heterocycles. The fraction of sp³-hybridized carbons (Fsp3) is 0.164. The molecular weight excluding hydrogens is 1640 g/mol. The minimum absolute atomic E-state index is 0.00711. The zero-order valence-corrected chi connectivity index (χ0v) is 79.1. The Hall–Kier alpha value is -14.4. The van der Waals surface area contributed by atoms with Gasteiger partial charge in [-0.3, -0.25) is 0 Å². The number of fused-ring (bicyclic) bond motifs is 32. The lowest BCUT2D eigenvalue weighted by Gasteiger charge is -2.25. The molecule has 0 amide bonds. The van der Waals surface area contributed by atoms with E-state index in [4.69, 9.17) is 4.42 Å². The first kappa shape index (κ1) is 82.0. The molecular formula is C122H105N7OS2. The van der Waals surface area contributed by atoms with Gasteiger partial charge in [-0.2, -0.15) is 0 Å². The standard InChI is InChI=1S/2C28H24N2.C22H19NO.2C22H19NS/c1-28(2,3)30-25-16-10-8-14-21(25)23-17-26-22(18-27(23)30)20-13-7-9-15-24(20)29(26)19-11-5-4-6-12-19;1-28(2,3)30-25-16-10-8-14-21(25)23-18-17-22-20-13-7-9-15-24(20)29(26(22)27(23)30)19-11-5-4-6-12-19;2*1-22(2,3)23-18-10-6-4-8-14(18)16-13-21-17(12-19(16)23)15-9-5-7-11-20(15)24-21;1-22(2,3)23-18-10-6-4-8-14(18)16-12-13-17-15-9-5-7-11-19(15)24-21(17)20(16)23/h2*4-18H,1-3H3;3*4-13H,1-3H3. The van der Waals surface area contributed by atoms with Gasteiger partial charge >= 0.3 is 0 Å². The number of thiophene rings is 2. The number of furan rings is 1. The van der Waals surface area contributed by atoms with Gasteiger partial charge in [0.2, 0.25) is 0 Å². The second-order valence-electron chi connectivity index (χ2n) is 40.6. The van der Waals surface area contributed by atoms with Crippen LogP contribution in [0.2, 0.25) is 0 Å². The zero-order chi connectivity index (χ0) is 90.3. The molecule has 132 heavy (non-hydrogen) atoms. The number of nitrogens with zero attached hydrogens (tertiary/aromatic N) is 7. The smallest absolute Gasteiger partial charge is 0.136 e. The number of hydrogen-bond acceptors (Lipinski definition) is 3. The van der Waals surface area contributed by atoms with Crippen molar-refractivity contribution in [2.75, 3.05) is 0 Å².